The van der Waals surface area contributed by atoms with Gasteiger partial charge in [-0.25, -0.2) is 17.9 Å². The zero-order valence-electron chi connectivity index (χ0n) is 12.3. The first-order chi connectivity index (χ1) is 10.8. The maximum atomic E-state index is 12.9. The lowest BCUT2D eigenvalue weighted by Crippen LogP contribution is -2.26. The van der Waals surface area contributed by atoms with Gasteiger partial charge in [-0.3, -0.25) is 0 Å². The highest BCUT2D eigenvalue weighted by Gasteiger charge is 2.23. The molecule has 3 N–H and O–H groups in total. The first kappa shape index (κ1) is 15.9. The molecule has 1 aliphatic rings. The molecule has 0 radical (unpaired) electrons. The average Bonchev–Trinajstić information content (AvgIpc) is 2.89. The lowest BCUT2D eigenvalue weighted by atomic mass is 10.1. The maximum Gasteiger partial charge on any atom is 0.238 e. The van der Waals surface area contributed by atoms with Gasteiger partial charge in [-0.05, 0) is 47.9 Å². The predicted octanol–water partition coefficient (Wildman–Crippen LogP) is 1.57. The topological polar surface area (TPSA) is 83.6 Å². The molecular weight excluding hydrogens is 319 g/mol. The number of aliphatic hydroxyl groups excluding tert-OH is 1. The number of hydrogen-bond acceptors (Lipinski definition) is 4. The molecule has 1 heterocycles. The van der Waals surface area contributed by atoms with Crippen molar-refractivity contribution in [1.82, 2.24) is 0 Å². The summed E-state index contributed by atoms with van der Waals surface area (Å²) in [6, 6.07) is 10.5. The molecule has 0 spiro atoms. The molecule has 2 aromatic rings. The fraction of sp³-hybridized carbons (Fsp3) is 0.250. The van der Waals surface area contributed by atoms with Gasteiger partial charge in [-0.2, -0.15) is 0 Å². The fourth-order valence-electron chi connectivity index (χ4n) is 2.81. The molecule has 1 aliphatic heterocycles. The molecule has 7 heteroatoms. The molecule has 0 aromatic heterocycles. The Hall–Kier alpha value is -1.96. The summed E-state index contributed by atoms with van der Waals surface area (Å²) in [4.78, 5) is 2.08. The van der Waals surface area contributed by atoms with E-state index in [4.69, 9.17) is 5.14 Å². The Morgan fingerprint density at radius 2 is 1.91 bits per heavy atom. The van der Waals surface area contributed by atoms with E-state index >= 15 is 0 Å². The van der Waals surface area contributed by atoms with Crippen LogP contribution < -0.4 is 10.0 Å². The van der Waals surface area contributed by atoms with E-state index in [1.807, 2.05) is 4.90 Å². The lowest BCUT2D eigenvalue weighted by molar-refractivity contribution is 0.184. The highest BCUT2D eigenvalue weighted by atomic mass is 32.2. The summed E-state index contributed by atoms with van der Waals surface area (Å²) in [5.41, 5.74) is 2.42. The van der Waals surface area contributed by atoms with Crippen LogP contribution in [-0.4, -0.2) is 26.6 Å². The summed E-state index contributed by atoms with van der Waals surface area (Å²) in [5.74, 6) is -0.344. The van der Waals surface area contributed by atoms with E-state index in [9.17, 15) is 17.9 Å². The number of rotatable bonds is 4. The smallest absolute Gasteiger partial charge is 0.238 e. The molecule has 0 bridgehead atoms. The summed E-state index contributed by atoms with van der Waals surface area (Å²) in [5, 5.41) is 15.4. The molecule has 0 fully saturated rings. The molecule has 23 heavy (non-hydrogen) atoms. The maximum absolute atomic E-state index is 12.9. The molecule has 2 aromatic carbocycles. The highest BCUT2D eigenvalue weighted by Crippen LogP contribution is 2.31. The Kier molecular flexibility index (Phi) is 4.09. The van der Waals surface area contributed by atoms with Gasteiger partial charge in [-0.1, -0.05) is 12.1 Å². The molecule has 0 saturated heterocycles. The van der Waals surface area contributed by atoms with Crippen molar-refractivity contribution in [3.8, 4) is 0 Å². The zero-order chi connectivity index (χ0) is 16.6. The minimum absolute atomic E-state index is 0.0946. The normalized spacial score (nSPS) is 15.5. The van der Waals surface area contributed by atoms with Crippen molar-refractivity contribution in [3.63, 3.8) is 0 Å². The molecular formula is C16H17FN2O3S. The van der Waals surface area contributed by atoms with Crippen LogP contribution in [0.2, 0.25) is 0 Å². The van der Waals surface area contributed by atoms with Gasteiger partial charge in [0, 0.05) is 18.8 Å². The van der Waals surface area contributed by atoms with E-state index < -0.39 is 16.1 Å². The third-order valence-corrected chi connectivity index (χ3v) is 4.93. The number of nitrogens with zero attached hydrogens (tertiary/aromatic N) is 1. The van der Waals surface area contributed by atoms with Crippen molar-refractivity contribution in [2.24, 2.45) is 5.14 Å². The van der Waals surface area contributed by atoms with Crippen LogP contribution in [0.3, 0.4) is 0 Å². The van der Waals surface area contributed by atoms with E-state index in [1.165, 1.54) is 18.2 Å². The number of nitrogens with two attached hydrogens (primary N) is 1. The van der Waals surface area contributed by atoms with E-state index in [2.05, 4.69) is 0 Å². The highest BCUT2D eigenvalue weighted by molar-refractivity contribution is 7.89. The number of β-amino-alcohol motifs (C(OH)–C–C–N with tert-alkyl or cyclic N) is 1. The fourth-order valence-corrected chi connectivity index (χ4v) is 3.38. The number of sulfonamides is 1. The average molecular weight is 336 g/mol. The number of primary sulfonamides is 1. The number of halogens is 1. The number of aliphatic hydroxyl groups is 1. The van der Waals surface area contributed by atoms with E-state index in [-0.39, 0.29) is 10.7 Å². The van der Waals surface area contributed by atoms with Crippen LogP contribution in [0, 0.1) is 5.82 Å². The summed E-state index contributed by atoms with van der Waals surface area (Å²) in [6.45, 7) is 1.04. The van der Waals surface area contributed by atoms with Crippen molar-refractivity contribution in [3.05, 3.63) is 59.4 Å². The number of hydrogen-bond donors (Lipinski definition) is 2. The van der Waals surface area contributed by atoms with Crippen molar-refractivity contribution in [2.45, 2.75) is 17.4 Å². The standard InChI is InChI=1S/C16H17FN2O3S/c17-13-3-1-11(2-4-13)16(20)10-19-8-7-12-9-14(23(18,21)22)5-6-15(12)19/h1-6,9,16,20H,7-8,10H2,(H2,18,21,22). The van der Waals surface area contributed by atoms with Crippen LogP contribution in [0.15, 0.2) is 47.4 Å². The number of benzene rings is 2. The Morgan fingerprint density at radius 3 is 2.57 bits per heavy atom. The summed E-state index contributed by atoms with van der Waals surface area (Å²) >= 11 is 0. The monoisotopic (exact) mass is 336 g/mol. The predicted molar refractivity (Wildman–Crippen MR) is 85.1 cm³/mol. The lowest BCUT2D eigenvalue weighted by Gasteiger charge is -2.23. The van der Waals surface area contributed by atoms with Gasteiger partial charge in [0.1, 0.15) is 5.82 Å². The molecule has 1 atom stereocenters. The van der Waals surface area contributed by atoms with Gasteiger partial charge in [0.2, 0.25) is 10.0 Å². The van der Waals surface area contributed by atoms with E-state index in [1.54, 1.807) is 24.3 Å². The third kappa shape index (κ3) is 3.36. The van der Waals surface area contributed by atoms with Crippen LogP contribution in [0.5, 0.6) is 0 Å². The van der Waals surface area contributed by atoms with Crippen LogP contribution in [0.25, 0.3) is 0 Å². The van der Waals surface area contributed by atoms with Crippen LogP contribution >= 0.6 is 0 Å². The van der Waals surface area contributed by atoms with Gasteiger partial charge < -0.3 is 10.0 Å². The summed E-state index contributed by atoms with van der Waals surface area (Å²) in [6.07, 6.45) is -0.0612. The summed E-state index contributed by atoms with van der Waals surface area (Å²) in [7, 11) is -3.72. The Morgan fingerprint density at radius 1 is 1.22 bits per heavy atom. The molecule has 3 rings (SSSR count). The molecule has 1 unspecified atom stereocenters. The Balaban J connectivity index is 1.79. The van der Waals surface area contributed by atoms with Gasteiger partial charge >= 0.3 is 0 Å². The first-order valence-electron chi connectivity index (χ1n) is 7.19. The van der Waals surface area contributed by atoms with E-state index in [0.29, 0.717) is 25.1 Å². The van der Waals surface area contributed by atoms with Gasteiger partial charge in [0.25, 0.3) is 0 Å². The van der Waals surface area contributed by atoms with Crippen LogP contribution in [-0.2, 0) is 16.4 Å². The zero-order valence-corrected chi connectivity index (χ0v) is 13.1. The largest absolute Gasteiger partial charge is 0.387 e. The second kappa shape index (κ2) is 5.92. The molecule has 0 aliphatic carbocycles. The minimum atomic E-state index is -3.72. The van der Waals surface area contributed by atoms with Crippen molar-refractivity contribution >= 4 is 15.7 Å². The molecule has 0 saturated carbocycles. The second-order valence-corrected chi connectivity index (χ2v) is 7.16. The molecule has 0 amide bonds. The van der Waals surface area contributed by atoms with Crippen LogP contribution in [0.1, 0.15) is 17.2 Å². The number of anilines is 1. The quantitative estimate of drug-likeness (QED) is 0.888. The Labute approximate surface area is 134 Å². The molecule has 5 nitrogen and oxygen atoms in total. The minimum Gasteiger partial charge on any atom is -0.387 e. The van der Waals surface area contributed by atoms with Gasteiger partial charge in [-0.15, -0.1) is 0 Å². The van der Waals surface area contributed by atoms with Gasteiger partial charge in [0.05, 0.1) is 11.0 Å². The molecule has 122 valence electrons. The third-order valence-electron chi connectivity index (χ3n) is 4.02. The van der Waals surface area contributed by atoms with Gasteiger partial charge in [0.15, 0.2) is 0 Å². The first-order valence-corrected chi connectivity index (χ1v) is 8.73. The second-order valence-electron chi connectivity index (χ2n) is 5.60. The van der Waals surface area contributed by atoms with Crippen molar-refractivity contribution in [2.75, 3.05) is 18.0 Å². The van der Waals surface area contributed by atoms with Crippen molar-refractivity contribution < 1.29 is 17.9 Å². The number of fused-ring (bicyclic) bond motifs is 1. The SMILES string of the molecule is NS(=O)(=O)c1ccc2c(c1)CCN2CC(O)c1ccc(F)cc1. The van der Waals surface area contributed by atoms with Crippen molar-refractivity contribution in [1.29, 1.82) is 0 Å². The van der Waals surface area contributed by atoms with Crippen LogP contribution in [0.4, 0.5) is 10.1 Å². The summed E-state index contributed by atoms with van der Waals surface area (Å²) < 4.78 is 35.7. The van der Waals surface area contributed by atoms with E-state index in [0.717, 1.165) is 11.3 Å². The Bertz CT molecular complexity index is 822.